The number of aromatic amines is 1. The minimum Gasteiger partial charge on any atom is -0.486 e. The summed E-state index contributed by atoms with van der Waals surface area (Å²) in [6.07, 6.45) is 3.25. The maximum atomic E-state index is 5.73. The van der Waals surface area contributed by atoms with Crippen molar-refractivity contribution in [2.24, 2.45) is 5.92 Å². The van der Waals surface area contributed by atoms with Crippen LogP contribution in [0.1, 0.15) is 25.8 Å². The van der Waals surface area contributed by atoms with E-state index in [1.54, 1.807) is 0 Å². The van der Waals surface area contributed by atoms with Crippen molar-refractivity contribution >= 4 is 0 Å². The van der Waals surface area contributed by atoms with E-state index < -0.39 is 0 Å². The van der Waals surface area contributed by atoms with Crippen molar-refractivity contribution in [2.75, 3.05) is 45.9 Å². The van der Waals surface area contributed by atoms with Gasteiger partial charge in [0.15, 0.2) is 11.5 Å². The smallest absolute Gasteiger partial charge is 0.162 e. The highest BCUT2D eigenvalue weighted by Crippen LogP contribution is 2.35. The fraction of sp³-hybridized carbons (Fsp3) is 0.571. The monoisotopic (exact) mass is 370 g/mol. The summed E-state index contributed by atoms with van der Waals surface area (Å²) in [7, 11) is 0. The Morgan fingerprint density at radius 2 is 2.00 bits per heavy atom. The van der Waals surface area contributed by atoms with Crippen molar-refractivity contribution in [3.05, 3.63) is 30.0 Å². The molecule has 0 aliphatic carbocycles. The Kier molecular flexibility index (Phi) is 5.64. The van der Waals surface area contributed by atoms with Gasteiger partial charge in [0.2, 0.25) is 0 Å². The molecule has 0 spiro atoms. The molecule has 0 bridgehead atoms. The van der Waals surface area contributed by atoms with Gasteiger partial charge >= 0.3 is 0 Å². The van der Waals surface area contributed by atoms with Gasteiger partial charge in [-0.3, -0.25) is 10.00 Å². The molecule has 2 aromatic rings. The van der Waals surface area contributed by atoms with Crippen molar-refractivity contribution in [2.45, 2.75) is 26.8 Å². The average molecular weight is 370 g/mol. The van der Waals surface area contributed by atoms with Gasteiger partial charge in [0.05, 0.1) is 11.9 Å². The molecule has 1 saturated heterocycles. The molecule has 1 atom stereocenters. The van der Waals surface area contributed by atoms with Crippen LogP contribution >= 0.6 is 0 Å². The molecular weight excluding hydrogens is 340 g/mol. The molecule has 1 aromatic carbocycles. The van der Waals surface area contributed by atoms with Gasteiger partial charge in [0, 0.05) is 30.8 Å². The summed E-state index contributed by atoms with van der Waals surface area (Å²) in [6, 6.07) is 6.13. The Balaban J connectivity index is 1.43. The van der Waals surface area contributed by atoms with Gasteiger partial charge in [-0.1, -0.05) is 13.8 Å². The molecule has 2 aliphatic rings. The van der Waals surface area contributed by atoms with E-state index in [0.717, 1.165) is 54.9 Å². The van der Waals surface area contributed by atoms with Crippen LogP contribution in [0.2, 0.25) is 0 Å². The molecule has 27 heavy (non-hydrogen) atoms. The van der Waals surface area contributed by atoms with E-state index in [2.05, 4.69) is 46.0 Å². The molecule has 0 saturated carbocycles. The maximum Gasteiger partial charge on any atom is 0.162 e. The van der Waals surface area contributed by atoms with E-state index in [9.17, 15) is 0 Å². The largest absolute Gasteiger partial charge is 0.486 e. The number of rotatable bonds is 7. The first kappa shape index (κ1) is 18.3. The molecule has 3 heterocycles. The molecule has 1 fully saturated rings. The normalized spacial score (nSPS) is 19.7. The molecule has 6 nitrogen and oxygen atoms in total. The van der Waals surface area contributed by atoms with Crippen molar-refractivity contribution in [1.82, 2.24) is 20.0 Å². The Morgan fingerprint density at radius 1 is 1.19 bits per heavy atom. The fourth-order valence-corrected chi connectivity index (χ4v) is 4.17. The van der Waals surface area contributed by atoms with Crippen molar-refractivity contribution in [3.8, 4) is 22.8 Å². The van der Waals surface area contributed by atoms with Crippen LogP contribution in [0.5, 0.6) is 11.5 Å². The predicted molar refractivity (Wildman–Crippen MR) is 106 cm³/mol. The van der Waals surface area contributed by atoms with Gasteiger partial charge < -0.3 is 14.4 Å². The van der Waals surface area contributed by atoms with Crippen molar-refractivity contribution in [1.29, 1.82) is 0 Å². The molecular formula is C21H30N4O2. The highest BCUT2D eigenvalue weighted by molar-refractivity contribution is 5.66. The minimum atomic E-state index is 0.605. The van der Waals surface area contributed by atoms with Crippen LogP contribution in [0.4, 0.5) is 0 Å². The molecule has 1 aromatic heterocycles. The molecule has 146 valence electrons. The second kappa shape index (κ2) is 8.31. The predicted octanol–water partition coefficient (Wildman–Crippen LogP) is 3.01. The van der Waals surface area contributed by atoms with Crippen LogP contribution in [-0.4, -0.2) is 65.9 Å². The second-order valence-electron chi connectivity index (χ2n) is 7.50. The standard InChI is InChI=1S/C21H30N4O2/c1-3-24(4-2)13-16-7-8-25(14-16)15-18-12-22-23-21(18)17-5-6-19-20(11-17)27-10-9-26-19/h5-6,11-12,16H,3-4,7-10,13-15H2,1-2H3,(H,22,23). The first-order chi connectivity index (χ1) is 13.3. The topological polar surface area (TPSA) is 53.6 Å². The molecule has 4 rings (SSSR count). The van der Waals surface area contributed by atoms with E-state index in [4.69, 9.17) is 9.47 Å². The van der Waals surface area contributed by atoms with Crippen molar-refractivity contribution < 1.29 is 9.47 Å². The highest BCUT2D eigenvalue weighted by atomic mass is 16.6. The number of benzene rings is 1. The second-order valence-corrected chi connectivity index (χ2v) is 7.50. The zero-order valence-corrected chi connectivity index (χ0v) is 16.4. The highest BCUT2D eigenvalue weighted by Gasteiger charge is 2.25. The van der Waals surface area contributed by atoms with Crippen LogP contribution in [0.3, 0.4) is 0 Å². The summed E-state index contributed by atoms with van der Waals surface area (Å²) >= 11 is 0. The third-order valence-corrected chi connectivity index (χ3v) is 5.72. The third kappa shape index (κ3) is 4.12. The SMILES string of the molecule is CCN(CC)CC1CCN(Cc2cn[nH]c2-c2ccc3c(c2)OCCO3)C1. The van der Waals surface area contributed by atoms with Gasteiger partial charge in [-0.25, -0.2) is 0 Å². The zero-order chi connectivity index (χ0) is 18.6. The number of fused-ring (bicyclic) bond motifs is 1. The van der Waals surface area contributed by atoms with E-state index in [1.807, 2.05) is 12.3 Å². The van der Waals surface area contributed by atoms with Crippen molar-refractivity contribution in [3.63, 3.8) is 0 Å². The summed E-state index contributed by atoms with van der Waals surface area (Å²) < 4.78 is 11.4. The van der Waals surface area contributed by atoms with Crippen LogP contribution < -0.4 is 9.47 Å². The Hall–Kier alpha value is -2.05. The van der Waals surface area contributed by atoms with Gasteiger partial charge in [-0.2, -0.15) is 5.10 Å². The van der Waals surface area contributed by atoms with E-state index in [-0.39, 0.29) is 0 Å². The van der Waals surface area contributed by atoms with Crippen LogP contribution in [0, 0.1) is 5.92 Å². The van der Waals surface area contributed by atoms with Gasteiger partial charge in [-0.05, 0) is 50.2 Å². The zero-order valence-electron chi connectivity index (χ0n) is 16.4. The van der Waals surface area contributed by atoms with E-state index >= 15 is 0 Å². The van der Waals surface area contributed by atoms with Gasteiger partial charge in [0.25, 0.3) is 0 Å². The molecule has 1 N–H and O–H groups in total. The molecule has 6 heteroatoms. The first-order valence-electron chi connectivity index (χ1n) is 10.1. The maximum absolute atomic E-state index is 5.73. The lowest BCUT2D eigenvalue weighted by atomic mass is 10.1. The van der Waals surface area contributed by atoms with E-state index in [1.165, 1.54) is 25.1 Å². The lowest BCUT2D eigenvalue weighted by Crippen LogP contribution is -2.31. The number of nitrogens with one attached hydrogen (secondary N) is 1. The third-order valence-electron chi connectivity index (χ3n) is 5.72. The Morgan fingerprint density at radius 3 is 2.81 bits per heavy atom. The minimum absolute atomic E-state index is 0.605. The number of ether oxygens (including phenoxy) is 2. The molecule has 0 radical (unpaired) electrons. The quantitative estimate of drug-likeness (QED) is 0.812. The lowest BCUT2D eigenvalue weighted by Gasteiger charge is -2.22. The van der Waals surface area contributed by atoms with Gasteiger partial charge in [0.1, 0.15) is 13.2 Å². The Labute approximate surface area is 161 Å². The number of aromatic nitrogens is 2. The summed E-state index contributed by atoms with van der Waals surface area (Å²) in [6.45, 7) is 12.5. The van der Waals surface area contributed by atoms with Gasteiger partial charge in [-0.15, -0.1) is 0 Å². The number of hydrogen-bond donors (Lipinski definition) is 1. The first-order valence-corrected chi connectivity index (χ1v) is 10.1. The lowest BCUT2D eigenvalue weighted by molar-refractivity contribution is 0.171. The number of likely N-dealkylation sites (tertiary alicyclic amines) is 1. The summed E-state index contributed by atoms with van der Waals surface area (Å²) in [4.78, 5) is 5.09. The average Bonchev–Trinajstić information content (AvgIpc) is 3.35. The number of nitrogens with zero attached hydrogens (tertiary/aromatic N) is 3. The summed E-state index contributed by atoms with van der Waals surface area (Å²) in [5.41, 5.74) is 3.43. The molecule has 2 aliphatic heterocycles. The number of hydrogen-bond acceptors (Lipinski definition) is 5. The fourth-order valence-electron chi connectivity index (χ4n) is 4.17. The molecule has 0 amide bonds. The number of H-pyrrole nitrogens is 1. The Bertz CT molecular complexity index is 756. The summed E-state index contributed by atoms with van der Waals surface area (Å²) in [5, 5.41) is 7.50. The van der Waals surface area contributed by atoms with E-state index in [0.29, 0.717) is 13.2 Å². The van der Waals surface area contributed by atoms with Crippen LogP contribution in [-0.2, 0) is 6.54 Å². The van der Waals surface area contributed by atoms with Crippen LogP contribution in [0.15, 0.2) is 24.4 Å². The summed E-state index contributed by atoms with van der Waals surface area (Å²) in [5.74, 6) is 2.42. The van der Waals surface area contributed by atoms with Crippen LogP contribution in [0.25, 0.3) is 11.3 Å². The molecule has 1 unspecified atom stereocenters.